The van der Waals surface area contributed by atoms with Crippen molar-refractivity contribution in [2.24, 2.45) is 11.3 Å². The number of nitrogens with one attached hydrogen (secondary N) is 1. The smallest absolute Gasteiger partial charge is 0.223 e. The lowest BCUT2D eigenvalue weighted by Crippen LogP contribution is -2.41. The molecule has 3 aliphatic rings. The molecule has 1 spiro atoms. The van der Waals surface area contributed by atoms with Gasteiger partial charge in [-0.3, -0.25) is 9.69 Å². The van der Waals surface area contributed by atoms with Gasteiger partial charge in [0.05, 0.1) is 13.7 Å². The topological polar surface area (TPSA) is 50.8 Å². The predicted molar refractivity (Wildman–Crippen MR) is 139 cm³/mol. The number of carbonyl (C=O) groups is 1. The van der Waals surface area contributed by atoms with Gasteiger partial charge in [-0.15, -0.1) is 0 Å². The van der Waals surface area contributed by atoms with E-state index in [1.807, 2.05) is 13.0 Å². The molecule has 1 aliphatic heterocycles. The van der Waals surface area contributed by atoms with Gasteiger partial charge >= 0.3 is 0 Å². The monoisotopic (exact) mass is 476 g/mol. The van der Waals surface area contributed by atoms with Crippen LogP contribution in [0.4, 0.5) is 0 Å². The summed E-state index contributed by atoms with van der Waals surface area (Å²) in [6.07, 6.45) is 8.16. The Morgan fingerprint density at radius 2 is 1.77 bits per heavy atom. The van der Waals surface area contributed by atoms with Gasteiger partial charge in [0, 0.05) is 24.4 Å². The Morgan fingerprint density at radius 1 is 1.03 bits per heavy atom. The van der Waals surface area contributed by atoms with E-state index < -0.39 is 0 Å². The minimum absolute atomic E-state index is 0.126. The molecular weight excluding hydrogens is 436 g/mol. The summed E-state index contributed by atoms with van der Waals surface area (Å²) in [5, 5.41) is 3.40. The molecule has 0 aromatic heterocycles. The number of carbonyl (C=O) groups excluding carboxylic acids is 1. The summed E-state index contributed by atoms with van der Waals surface area (Å²) in [6, 6.07) is 17.1. The Labute approximate surface area is 210 Å². The number of likely N-dealkylation sites (tertiary alicyclic amines) is 1. The first-order valence-electron chi connectivity index (χ1n) is 13.4. The minimum atomic E-state index is 0.126. The average Bonchev–Trinajstić information content (AvgIpc) is 3.37. The van der Waals surface area contributed by atoms with Gasteiger partial charge in [0.25, 0.3) is 0 Å². The number of benzene rings is 2. The van der Waals surface area contributed by atoms with Crippen LogP contribution in [0.2, 0.25) is 0 Å². The second-order valence-electron chi connectivity index (χ2n) is 10.9. The fourth-order valence-corrected chi connectivity index (χ4v) is 6.56. The molecule has 2 aromatic carbocycles. The summed E-state index contributed by atoms with van der Waals surface area (Å²) in [6.45, 7) is 6.42. The van der Waals surface area contributed by atoms with Crippen LogP contribution < -0.4 is 14.8 Å². The molecule has 5 nitrogen and oxygen atoms in total. The van der Waals surface area contributed by atoms with Gasteiger partial charge < -0.3 is 14.8 Å². The highest BCUT2D eigenvalue weighted by Crippen LogP contribution is 2.59. The van der Waals surface area contributed by atoms with E-state index in [1.165, 1.54) is 36.8 Å². The fourth-order valence-electron chi connectivity index (χ4n) is 6.56. The van der Waals surface area contributed by atoms with Crippen LogP contribution in [0.15, 0.2) is 48.5 Å². The maximum Gasteiger partial charge on any atom is 0.223 e. The Hall–Kier alpha value is -2.53. The SMILES string of the molecule is CCOc1cc(CN2CCC3(CC2)C[C@H]3C(=O)NCC2(c3ccccc3)CCCC2)ccc1OC. The van der Waals surface area contributed by atoms with Crippen molar-refractivity contribution >= 4 is 5.91 Å². The molecule has 188 valence electrons. The lowest BCUT2D eigenvalue weighted by molar-refractivity contribution is -0.123. The molecule has 1 atom stereocenters. The number of methoxy groups -OCH3 is 1. The van der Waals surface area contributed by atoms with Crippen molar-refractivity contribution in [1.82, 2.24) is 10.2 Å². The van der Waals surface area contributed by atoms with Gasteiger partial charge in [-0.05, 0) is 80.8 Å². The van der Waals surface area contributed by atoms with E-state index in [-0.39, 0.29) is 22.7 Å². The Bertz CT molecular complexity index is 1010. The number of hydrogen-bond acceptors (Lipinski definition) is 4. The van der Waals surface area contributed by atoms with E-state index >= 15 is 0 Å². The van der Waals surface area contributed by atoms with Crippen LogP contribution in [0.3, 0.4) is 0 Å². The second-order valence-corrected chi connectivity index (χ2v) is 10.9. The Kier molecular flexibility index (Phi) is 7.06. The number of rotatable bonds is 9. The largest absolute Gasteiger partial charge is 0.493 e. The van der Waals surface area contributed by atoms with Gasteiger partial charge in [-0.2, -0.15) is 0 Å². The fraction of sp³-hybridized carbons (Fsp3) is 0.567. The lowest BCUT2D eigenvalue weighted by Gasteiger charge is -2.33. The van der Waals surface area contributed by atoms with Crippen LogP contribution in [-0.4, -0.2) is 44.2 Å². The van der Waals surface area contributed by atoms with Gasteiger partial charge in [0.2, 0.25) is 5.91 Å². The molecular formula is C30H40N2O3. The predicted octanol–water partition coefficient (Wildman–Crippen LogP) is 5.32. The van der Waals surface area contributed by atoms with Gasteiger partial charge in [-0.1, -0.05) is 49.2 Å². The molecule has 0 unspecified atom stereocenters. The van der Waals surface area contributed by atoms with Crippen molar-refractivity contribution in [3.63, 3.8) is 0 Å². The Balaban J connectivity index is 1.13. The highest BCUT2D eigenvalue weighted by atomic mass is 16.5. The second kappa shape index (κ2) is 10.2. The lowest BCUT2D eigenvalue weighted by atomic mass is 9.78. The van der Waals surface area contributed by atoms with Gasteiger partial charge in [0.1, 0.15) is 0 Å². The number of piperidine rings is 1. The minimum Gasteiger partial charge on any atom is -0.493 e. The summed E-state index contributed by atoms with van der Waals surface area (Å²) in [4.78, 5) is 15.7. The van der Waals surface area contributed by atoms with Crippen LogP contribution >= 0.6 is 0 Å². The summed E-state index contributed by atoms with van der Waals surface area (Å²) in [5.74, 6) is 2.09. The molecule has 5 rings (SSSR count). The van der Waals surface area contributed by atoms with E-state index in [0.29, 0.717) is 6.61 Å². The van der Waals surface area contributed by atoms with E-state index in [0.717, 1.165) is 56.9 Å². The van der Waals surface area contributed by atoms with Crippen molar-refractivity contribution in [1.29, 1.82) is 0 Å². The van der Waals surface area contributed by atoms with Crippen molar-refractivity contribution in [2.45, 2.75) is 63.8 Å². The highest BCUT2D eigenvalue weighted by Gasteiger charge is 2.58. The number of nitrogens with zero attached hydrogens (tertiary/aromatic N) is 1. The van der Waals surface area contributed by atoms with Crippen molar-refractivity contribution in [3.05, 3.63) is 59.7 Å². The molecule has 2 aromatic rings. The Morgan fingerprint density at radius 3 is 2.46 bits per heavy atom. The zero-order valence-electron chi connectivity index (χ0n) is 21.4. The first-order chi connectivity index (χ1) is 17.1. The molecule has 1 N–H and O–H groups in total. The maximum atomic E-state index is 13.2. The summed E-state index contributed by atoms with van der Waals surface area (Å²) < 4.78 is 11.2. The molecule has 5 heteroatoms. The van der Waals surface area contributed by atoms with Crippen LogP contribution in [0.25, 0.3) is 0 Å². The molecule has 2 aliphatic carbocycles. The zero-order chi connectivity index (χ0) is 24.3. The van der Waals surface area contributed by atoms with Crippen molar-refractivity contribution in [2.75, 3.05) is 33.4 Å². The third kappa shape index (κ3) is 5.06. The molecule has 1 heterocycles. The van der Waals surface area contributed by atoms with Crippen molar-refractivity contribution < 1.29 is 14.3 Å². The third-order valence-corrected chi connectivity index (χ3v) is 8.84. The maximum absolute atomic E-state index is 13.2. The van der Waals surface area contributed by atoms with Crippen LogP contribution in [0.5, 0.6) is 11.5 Å². The summed E-state index contributed by atoms with van der Waals surface area (Å²) in [7, 11) is 1.68. The normalized spacial score (nSPS) is 22.6. The molecule has 1 amide bonds. The molecule has 0 bridgehead atoms. The molecule has 1 saturated heterocycles. The zero-order valence-corrected chi connectivity index (χ0v) is 21.4. The number of ether oxygens (including phenoxy) is 2. The summed E-state index contributed by atoms with van der Waals surface area (Å²) >= 11 is 0. The van der Waals surface area contributed by atoms with E-state index in [4.69, 9.17) is 9.47 Å². The molecule has 0 radical (unpaired) electrons. The van der Waals surface area contributed by atoms with Crippen molar-refractivity contribution in [3.8, 4) is 11.5 Å². The van der Waals surface area contributed by atoms with E-state index in [2.05, 4.69) is 52.7 Å². The molecule has 35 heavy (non-hydrogen) atoms. The molecule has 2 saturated carbocycles. The average molecular weight is 477 g/mol. The first kappa shape index (κ1) is 24.2. The van der Waals surface area contributed by atoms with Crippen LogP contribution in [0, 0.1) is 11.3 Å². The summed E-state index contributed by atoms with van der Waals surface area (Å²) in [5.41, 5.74) is 2.99. The first-order valence-corrected chi connectivity index (χ1v) is 13.4. The standard InChI is InChI=1S/C30H40N2O3/c1-3-35-27-19-23(11-12-26(27)34-2)21-32-17-15-29(16-18-32)20-25(29)28(33)31-22-30(13-7-8-14-30)24-9-5-4-6-10-24/h4-6,9-12,19,25H,3,7-8,13-18,20-22H2,1-2H3,(H,31,33)/t25-/m0/s1. The van der Waals surface area contributed by atoms with E-state index in [9.17, 15) is 4.79 Å². The quantitative estimate of drug-likeness (QED) is 0.532. The van der Waals surface area contributed by atoms with Gasteiger partial charge in [-0.25, -0.2) is 0 Å². The molecule has 3 fully saturated rings. The van der Waals surface area contributed by atoms with Gasteiger partial charge in [0.15, 0.2) is 11.5 Å². The van der Waals surface area contributed by atoms with E-state index in [1.54, 1.807) is 7.11 Å². The highest BCUT2D eigenvalue weighted by molar-refractivity contribution is 5.82. The van der Waals surface area contributed by atoms with Crippen LogP contribution in [-0.2, 0) is 16.8 Å². The van der Waals surface area contributed by atoms with Crippen LogP contribution in [0.1, 0.15) is 63.0 Å². The number of hydrogen-bond donors (Lipinski definition) is 1. The third-order valence-electron chi connectivity index (χ3n) is 8.84. The number of amides is 1.